The number of hydrogen-bond donors (Lipinski definition) is 3. The number of aliphatic hydroxyl groups is 1. The Balaban J connectivity index is 1.86. The zero-order valence-electron chi connectivity index (χ0n) is 15.3. The van der Waals surface area contributed by atoms with Crippen LogP contribution in [0.1, 0.15) is 42.5 Å². The topological polar surface area (TPSA) is 101 Å². The molecular weight excluding hydrogens is 367 g/mol. The molecule has 27 heavy (non-hydrogen) atoms. The summed E-state index contributed by atoms with van der Waals surface area (Å²) in [6.45, 7) is 4.97. The maximum absolute atomic E-state index is 14.7. The second-order valence-corrected chi connectivity index (χ2v) is 8.10. The zero-order chi connectivity index (χ0) is 19.8. The van der Waals surface area contributed by atoms with Crippen LogP contribution in [0.2, 0.25) is 0 Å². The molecular formula is C19H21FN4O2S. The lowest BCUT2D eigenvalue weighted by atomic mass is 9.95. The first kappa shape index (κ1) is 19.3. The highest BCUT2D eigenvalue weighted by Gasteiger charge is 2.32. The Hall–Kier alpha value is -2.45. The monoisotopic (exact) mass is 388 g/mol. The number of nitrogens with two attached hydrogens (primary N) is 1. The maximum Gasteiger partial charge on any atom is 0.247 e. The Labute approximate surface area is 161 Å². The average molecular weight is 388 g/mol. The Kier molecular flexibility index (Phi) is 5.21. The second-order valence-electron chi connectivity index (χ2n) is 6.89. The van der Waals surface area contributed by atoms with Crippen molar-refractivity contribution in [1.29, 1.82) is 0 Å². The lowest BCUT2D eigenvalue weighted by molar-refractivity contribution is -0.114. The van der Waals surface area contributed by atoms with E-state index < -0.39 is 17.3 Å². The minimum atomic E-state index is -1.13. The first-order valence-electron chi connectivity index (χ1n) is 8.43. The van der Waals surface area contributed by atoms with Crippen molar-refractivity contribution in [3.05, 3.63) is 63.8 Å². The van der Waals surface area contributed by atoms with Crippen molar-refractivity contribution in [3.63, 3.8) is 0 Å². The molecule has 0 radical (unpaired) electrons. The number of nitrogens with zero attached hydrogens (tertiary/aromatic N) is 2. The lowest BCUT2D eigenvalue weighted by Crippen LogP contribution is -2.16. The van der Waals surface area contributed by atoms with Gasteiger partial charge in [-0.3, -0.25) is 4.79 Å². The summed E-state index contributed by atoms with van der Waals surface area (Å²) in [6, 6.07) is 6.36. The SMILES string of the molecule is Cc1nccc(NC2=C(C(N)=O)CC(c3ccc(C(C)(C)O)cc3F)S2)n1. The van der Waals surface area contributed by atoms with Crippen molar-refractivity contribution >= 4 is 23.5 Å². The van der Waals surface area contributed by atoms with Crippen molar-refractivity contribution in [2.24, 2.45) is 5.73 Å². The molecule has 4 N–H and O–H groups in total. The molecule has 0 saturated carbocycles. The van der Waals surface area contributed by atoms with Gasteiger partial charge in [0, 0.05) is 22.6 Å². The maximum atomic E-state index is 14.7. The highest BCUT2D eigenvalue weighted by Crippen LogP contribution is 2.48. The lowest BCUT2D eigenvalue weighted by Gasteiger charge is -2.20. The summed E-state index contributed by atoms with van der Waals surface area (Å²) in [7, 11) is 0. The molecule has 0 bridgehead atoms. The number of thioether (sulfide) groups is 1. The Morgan fingerprint density at radius 2 is 2.15 bits per heavy atom. The fraction of sp³-hybridized carbons (Fsp3) is 0.316. The van der Waals surface area contributed by atoms with E-state index in [1.807, 2.05) is 0 Å². The van der Waals surface area contributed by atoms with Crippen molar-refractivity contribution in [2.75, 3.05) is 5.32 Å². The van der Waals surface area contributed by atoms with Gasteiger partial charge >= 0.3 is 0 Å². The predicted molar refractivity (Wildman–Crippen MR) is 103 cm³/mol. The van der Waals surface area contributed by atoms with Crippen LogP contribution in [-0.2, 0) is 10.4 Å². The number of primary amides is 1. The second kappa shape index (κ2) is 7.28. The van der Waals surface area contributed by atoms with Crippen LogP contribution in [0.25, 0.3) is 0 Å². The largest absolute Gasteiger partial charge is 0.386 e. The summed E-state index contributed by atoms with van der Waals surface area (Å²) in [5.74, 6) is 0.165. The number of aromatic nitrogens is 2. The van der Waals surface area contributed by atoms with Gasteiger partial charge in [-0.1, -0.05) is 23.9 Å². The fourth-order valence-electron chi connectivity index (χ4n) is 2.83. The number of hydrogen-bond acceptors (Lipinski definition) is 6. The Morgan fingerprint density at radius 3 is 2.74 bits per heavy atom. The van der Waals surface area contributed by atoms with E-state index in [4.69, 9.17) is 5.73 Å². The molecule has 0 aliphatic carbocycles. The van der Waals surface area contributed by atoms with Gasteiger partial charge in [-0.25, -0.2) is 14.4 Å². The minimum absolute atomic E-state index is 0.297. The Morgan fingerprint density at radius 1 is 1.41 bits per heavy atom. The summed E-state index contributed by atoms with van der Waals surface area (Å²) in [5.41, 5.74) is 5.75. The third kappa shape index (κ3) is 4.28. The van der Waals surface area contributed by atoms with Crippen LogP contribution in [0, 0.1) is 12.7 Å². The number of benzene rings is 1. The van der Waals surface area contributed by atoms with Crippen molar-refractivity contribution in [3.8, 4) is 0 Å². The summed E-state index contributed by atoms with van der Waals surface area (Å²) >= 11 is 1.33. The molecule has 2 aromatic rings. The standard InChI is InChI=1S/C19H21FN4O2S/c1-10-22-7-6-16(23-10)24-18-13(17(21)25)9-15(27-18)12-5-4-11(8-14(12)20)19(2,3)26/h4-8,15,26H,9H2,1-3H3,(H2,21,25)(H,22,23,24). The predicted octanol–water partition coefficient (Wildman–Crippen LogP) is 3.14. The number of amides is 1. The first-order chi connectivity index (χ1) is 12.6. The summed E-state index contributed by atoms with van der Waals surface area (Å²) < 4.78 is 14.7. The van der Waals surface area contributed by atoms with Crippen molar-refractivity contribution in [1.82, 2.24) is 9.97 Å². The number of anilines is 1. The first-order valence-corrected chi connectivity index (χ1v) is 9.31. The molecule has 1 aromatic heterocycles. The van der Waals surface area contributed by atoms with Crippen LogP contribution in [0.3, 0.4) is 0 Å². The normalized spacial score (nSPS) is 17.3. The van der Waals surface area contributed by atoms with Gasteiger partial charge in [0.25, 0.3) is 0 Å². The van der Waals surface area contributed by atoms with Crippen molar-refractivity contribution < 1.29 is 14.3 Å². The van der Waals surface area contributed by atoms with E-state index in [0.717, 1.165) is 0 Å². The molecule has 142 valence electrons. The van der Waals surface area contributed by atoms with Crippen LogP contribution in [0.15, 0.2) is 41.1 Å². The van der Waals surface area contributed by atoms with Crippen LogP contribution in [0.4, 0.5) is 10.2 Å². The van der Waals surface area contributed by atoms with Crippen LogP contribution >= 0.6 is 11.8 Å². The van der Waals surface area contributed by atoms with E-state index in [-0.39, 0.29) is 5.25 Å². The molecule has 1 atom stereocenters. The van der Waals surface area contributed by atoms with E-state index in [0.29, 0.717) is 39.8 Å². The van der Waals surface area contributed by atoms with Gasteiger partial charge in [-0.2, -0.15) is 0 Å². The van der Waals surface area contributed by atoms with Crippen LogP contribution in [-0.4, -0.2) is 21.0 Å². The highest BCUT2D eigenvalue weighted by molar-refractivity contribution is 8.03. The summed E-state index contributed by atoms with van der Waals surface area (Å²) in [5, 5.41) is 13.4. The van der Waals surface area contributed by atoms with E-state index in [1.165, 1.54) is 17.8 Å². The number of halogens is 1. The van der Waals surface area contributed by atoms with Gasteiger partial charge in [0.05, 0.1) is 10.6 Å². The third-order valence-electron chi connectivity index (χ3n) is 4.29. The molecule has 8 heteroatoms. The summed E-state index contributed by atoms with van der Waals surface area (Å²) in [4.78, 5) is 20.2. The number of carbonyl (C=O) groups excluding carboxylic acids is 1. The minimum Gasteiger partial charge on any atom is -0.386 e. The molecule has 1 aliphatic rings. The number of nitrogens with one attached hydrogen (secondary N) is 1. The van der Waals surface area contributed by atoms with Gasteiger partial charge in [-0.05, 0) is 44.9 Å². The smallest absolute Gasteiger partial charge is 0.247 e. The average Bonchev–Trinajstić information content (AvgIpc) is 2.97. The van der Waals surface area contributed by atoms with E-state index in [9.17, 15) is 14.3 Å². The third-order valence-corrected chi connectivity index (χ3v) is 5.58. The zero-order valence-corrected chi connectivity index (χ0v) is 16.1. The number of rotatable bonds is 5. The number of aryl methyl sites for hydroxylation is 1. The van der Waals surface area contributed by atoms with Crippen molar-refractivity contribution in [2.45, 2.75) is 38.0 Å². The molecule has 1 aliphatic heterocycles. The van der Waals surface area contributed by atoms with Gasteiger partial charge in [0.15, 0.2) is 0 Å². The van der Waals surface area contributed by atoms with Gasteiger partial charge in [0.2, 0.25) is 5.91 Å². The molecule has 1 amide bonds. The molecule has 0 fully saturated rings. The summed E-state index contributed by atoms with van der Waals surface area (Å²) in [6.07, 6.45) is 1.92. The molecule has 2 heterocycles. The van der Waals surface area contributed by atoms with Crippen LogP contribution < -0.4 is 11.1 Å². The molecule has 1 aromatic carbocycles. The molecule has 6 nitrogen and oxygen atoms in total. The van der Waals surface area contributed by atoms with E-state index in [2.05, 4.69) is 15.3 Å². The van der Waals surface area contributed by atoms with Gasteiger partial charge in [0.1, 0.15) is 17.5 Å². The molecule has 1 unspecified atom stereocenters. The van der Waals surface area contributed by atoms with Crippen LogP contribution in [0.5, 0.6) is 0 Å². The molecule has 0 saturated heterocycles. The van der Waals surface area contributed by atoms with E-state index >= 15 is 0 Å². The fourth-order valence-corrected chi connectivity index (χ4v) is 4.18. The van der Waals surface area contributed by atoms with Gasteiger partial charge in [-0.15, -0.1) is 0 Å². The molecule has 0 spiro atoms. The van der Waals surface area contributed by atoms with Gasteiger partial charge < -0.3 is 16.2 Å². The molecule has 3 rings (SSSR count). The van der Waals surface area contributed by atoms with E-state index in [1.54, 1.807) is 45.2 Å². The quantitative estimate of drug-likeness (QED) is 0.727. The Bertz CT molecular complexity index is 924. The highest BCUT2D eigenvalue weighted by atomic mass is 32.2. The number of carbonyl (C=O) groups is 1.